The van der Waals surface area contributed by atoms with Crippen LogP contribution < -0.4 is 15.4 Å². The third kappa shape index (κ3) is 6.32. The molecule has 2 atom stereocenters. The number of hydrogen-bond acceptors (Lipinski definition) is 7. The van der Waals surface area contributed by atoms with Crippen LogP contribution in [-0.4, -0.2) is 84.0 Å². The molecule has 11 heteroatoms. The van der Waals surface area contributed by atoms with E-state index >= 15 is 0 Å². The summed E-state index contributed by atoms with van der Waals surface area (Å²) < 4.78 is 5.15. The molecule has 164 valence electrons. The van der Waals surface area contributed by atoms with E-state index in [1.165, 1.54) is 6.92 Å². The molecule has 2 fully saturated rings. The van der Waals surface area contributed by atoms with Crippen LogP contribution in [0.15, 0.2) is 12.3 Å². The van der Waals surface area contributed by atoms with Gasteiger partial charge in [0.2, 0.25) is 23.6 Å². The van der Waals surface area contributed by atoms with Crippen LogP contribution in [0.1, 0.15) is 19.8 Å². The van der Waals surface area contributed by atoms with Gasteiger partial charge in [0.15, 0.2) is 0 Å². The second kappa shape index (κ2) is 11.4. The second-order valence-corrected chi connectivity index (χ2v) is 7.17. The first-order chi connectivity index (χ1) is 13.0. The molecule has 29 heavy (non-hydrogen) atoms. The highest BCUT2D eigenvalue weighted by Crippen LogP contribution is 2.21. The van der Waals surface area contributed by atoms with Crippen LogP contribution in [0.3, 0.4) is 0 Å². The maximum Gasteiger partial charge on any atom is 0.228 e. The van der Waals surface area contributed by atoms with Crippen LogP contribution in [0.25, 0.3) is 0 Å². The quantitative estimate of drug-likeness (QED) is 0.719. The van der Waals surface area contributed by atoms with Gasteiger partial charge in [-0.25, -0.2) is 4.98 Å². The van der Waals surface area contributed by atoms with Gasteiger partial charge in [-0.3, -0.25) is 9.59 Å². The number of amides is 2. The minimum atomic E-state index is -0.179. The Bertz CT molecular complexity index is 687. The number of hydrogen-bond donors (Lipinski definition) is 1. The van der Waals surface area contributed by atoms with Crippen molar-refractivity contribution in [2.45, 2.75) is 25.8 Å². The van der Waals surface area contributed by atoms with Gasteiger partial charge >= 0.3 is 0 Å². The Kier molecular flexibility index (Phi) is 9.88. The number of nitrogens with two attached hydrogens (primary N) is 1. The molecule has 2 amide bonds. The number of rotatable bonds is 3. The average Bonchev–Trinajstić information content (AvgIpc) is 2.89. The van der Waals surface area contributed by atoms with Crippen molar-refractivity contribution in [3.05, 3.63) is 12.3 Å². The van der Waals surface area contributed by atoms with Crippen molar-refractivity contribution in [3.63, 3.8) is 0 Å². The van der Waals surface area contributed by atoms with Crippen molar-refractivity contribution in [2.24, 2.45) is 11.7 Å². The molecule has 3 rings (SSSR count). The normalized spacial score (nSPS) is 22.1. The fourth-order valence-electron chi connectivity index (χ4n) is 3.66. The lowest BCUT2D eigenvalue weighted by Gasteiger charge is -2.36. The molecule has 0 radical (unpaired) electrons. The number of ether oxygens (including phenoxy) is 1. The summed E-state index contributed by atoms with van der Waals surface area (Å²) in [6.45, 7) is 5.08. The second-order valence-electron chi connectivity index (χ2n) is 7.17. The van der Waals surface area contributed by atoms with Crippen molar-refractivity contribution < 1.29 is 14.3 Å². The summed E-state index contributed by atoms with van der Waals surface area (Å²) in [4.78, 5) is 39.1. The molecule has 3 heterocycles. The summed E-state index contributed by atoms with van der Waals surface area (Å²) in [6.07, 6.45) is 3.16. The Balaban J connectivity index is 0.00000210. The number of anilines is 1. The van der Waals surface area contributed by atoms with Gasteiger partial charge in [-0.15, -0.1) is 24.8 Å². The molecular weight excluding hydrogens is 419 g/mol. The number of carbonyl (C=O) groups is 2. The van der Waals surface area contributed by atoms with E-state index in [0.29, 0.717) is 51.1 Å². The number of aromatic nitrogens is 2. The third-order valence-electron chi connectivity index (χ3n) is 5.28. The fourth-order valence-corrected chi connectivity index (χ4v) is 3.66. The fraction of sp³-hybridized carbons (Fsp3) is 0.667. The van der Waals surface area contributed by atoms with Gasteiger partial charge in [-0.1, -0.05) is 0 Å². The van der Waals surface area contributed by atoms with Gasteiger partial charge in [-0.05, 0) is 12.8 Å². The average molecular weight is 449 g/mol. The van der Waals surface area contributed by atoms with E-state index in [1.807, 2.05) is 4.90 Å². The van der Waals surface area contributed by atoms with E-state index in [9.17, 15) is 9.59 Å². The number of likely N-dealkylation sites (tertiary alicyclic amines) is 1. The first kappa shape index (κ1) is 25.2. The maximum atomic E-state index is 13.0. The van der Waals surface area contributed by atoms with E-state index in [4.69, 9.17) is 10.5 Å². The van der Waals surface area contributed by atoms with E-state index in [1.54, 1.807) is 24.3 Å². The molecule has 0 spiro atoms. The summed E-state index contributed by atoms with van der Waals surface area (Å²) >= 11 is 0. The highest BCUT2D eigenvalue weighted by Gasteiger charge is 2.32. The molecule has 2 saturated heterocycles. The molecule has 0 saturated carbocycles. The number of nitrogens with zero attached hydrogens (tertiary/aromatic N) is 5. The minimum Gasteiger partial charge on any atom is -0.481 e. The predicted molar refractivity (Wildman–Crippen MR) is 115 cm³/mol. The SMILES string of the molecule is COc1ccnc(N2CCN(C(=O)[C@@H]3CC[C@H](N)CN(C(C)=O)C3)CC2)n1.Cl.Cl. The molecule has 0 bridgehead atoms. The summed E-state index contributed by atoms with van der Waals surface area (Å²) in [5, 5.41) is 0. The highest BCUT2D eigenvalue weighted by molar-refractivity contribution is 5.85. The van der Waals surface area contributed by atoms with Gasteiger partial charge in [0.25, 0.3) is 0 Å². The monoisotopic (exact) mass is 448 g/mol. The third-order valence-corrected chi connectivity index (χ3v) is 5.28. The Hall–Kier alpha value is -1.84. The molecule has 0 unspecified atom stereocenters. The van der Waals surface area contributed by atoms with Crippen molar-refractivity contribution in [2.75, 3.05) is 51.3 Å². The minimum absolute atomic E-state index is 0. The van der Waals surface area contributed by atoms with Crippen LogP contribution in [0.5, 0.6) is 5.88 Å². The molecule has 0 aromatic carbocycles. The molecular formula is C18H30Cl2N6O3. The number of methoxy groups -OCH3 is 1. The molecule has 2 aliphatic rings. The molecule has 2 aliphatic heterocycles. The molecule has 1 aromatic heterocycles. The van der Waals surface area contributed by atoms with E-state index < -0.39 is 0 Å². The standard InChI is InChI=1S/C18H28N6O3.2ClH/c1-13(25)24-11-14(3-4-15(19)12-24)17(26)22-7-9-23(10-8-22)18-20-6-5-16(21-18)27-2;;/h5-6,14-15H,3-4,7-12,19H2,1-2H3;2*1H/t14-,15+;;/m1../s1. The van der Waals surface area contributed by atoms with Crippen LogP contribution >= 0.6 is 24.8 Å². The Morgan fingerprint density at radius 3 is 2.41 bits per heavy atom. The Morgan fingerprint density at radius 1 is 1.10 bits per heavy atom. The van der Waals surface area contributed by atoms with Gasteiger partial charge in [0.05, 0.1) is 13.0 Å². The zero-order chi connectivity index (χ0) is 19.4. The topological polar surface area (TPSA) is 105 Å². The maximum absolute atomic E-state index is 13.0. The summed E-state index contributed by atoms with van der Waals surface area (Å²) in [6, 6.07) is 1.65. The smallest absolute Gasteiger partial charge is 0.228 e. The zero-order valence-electron chi connectivity index (χ0n) is 16.8. The van der Waals surface area contributed by atoms with Gasteiger partial charge in [0, 0.05) is 64.5 Å². The van der Waals surface area contributed by atoms with Gasteiger partial charge in [0.1, 0.15) is 0 Å². The lowest BCUT2D eigenvalue weighted by Crippen LogP contribution is -2.52. The Morgan fingerprint density at radius 2 is 1.79 bits per heavy atom. The first-order valence-corrected chi connectivity index (χ1v) is 9.39. The number of piperazine rings is 1. The Labute approximate surface area is 183 Å². The van der Waals surface area contributed by atoms with Crippen LogP contribution in [-0.2, 0) is 9.59 Å². The zero-order valence-corrected chi connectivity index (χ0v) is 18.5. The summed E-state index contributed by atoms with van der Waals surface area (Å²) in [7, 11) is 1.58. The summed E-state index contributed by atoms with van der Waals surface area (Å²) in [5.41, 5.74) is 6.06. The number of carbonyl (C=O) groups excluding carboxylic acids is 2. The van der Waals surface area contributed by atoms with Gasteiger partial charge < -0.3 is 25.2 Å². The predicted octanol–water partition coefficient (Wildman–Crippen LogP) is 0.563. The van der Waals surface area contributed by atoms with Crippen molar-refractivity contribution in [1.29, 1.82) is 0 Å². The molecule has 9 nitrogen and oxygen atoms in total. The lowest BCUT2D eigenvalue weighted by atomic mass is 10.00. The summed E-state index contributed by atoms with van der Waals surface area (Å²) in [5.74, 6) is 1.05. The first-order valence-electron chi connectivity index (χ1n) is 9.39. The highest BCUT2D eigenvalue weighted by atomic mass is 35.5. The van der Waals surface area contributed by atoms with E-state index in [0.717, 1.165) is 12.8 Å². The lowest BCUT2D eigenvalue weighted by molar-refractivity contribution is -0.138. The number of halogens is 2. The van der Waals surface area contributed by atoms with E-state index in [-0.39, 0.29) is 48.6 Å². The van der Waals surface area contributed by atoms with Crippen molar-refractivity contribution >= 4 is 42.6 Å². The molecule has 2 N–H and O–H groups in total. The van der Waals surface area contributed by atoms with Crippen LogP contribution in [0, 0.1) is 5.92 Å². The molecule has 0 aliphatic carbocycles. The van der Waals surface area contributed by atoms with Crippen molar-refractivity contribution in [3.8, 4) is 5.88 Å². The largest absolute Gasteiger partial charge is 0.481 e. The van der Waals surface area contributed by atoms with Crippen LogP contribution in [0.4, 0.5) is 5.95 Å². The molecule has 1 aromatic rings. The van der Waals surface area contributed by atoms with Crippen LogP contribution in [0.2, 0.25) is 0 Å². The van der Waals surface area contributed by atoms with E-state index in [2.05, 4.69) is 14.9 Å². The van der Waals surface area contributed by atoms with Gasteiger partial charge in [-0.2, -0.15) is 4.98 Å². The van der Waals surface area contributed by atoms with Crippen molar-refractivity contribution in [1.82, 2.24) is 19.8 Å².